The number of rotatable bonds is 4. The maximum atomic E-state index is 14.3. The molecule has 0 amide bonds. The van der Waals surface area contributed by atoms with Crippen LogP contribution >= 0.6 is 0 Å². The highest BCUT2D eigenvalue weighted by molar-refractivity contribution is 5.99. The lowest BCUT2D eigenvalue weighted by Crippen LogP contribution is -2.06. The minimum Gasteiger partial charge on any atom is -0.383 e. The van der Waals surface area contributed by atoms with E-state index in [1.165, 1.54) is 12.1 Å². The summed E-state index contributed by atoms with van der Waals surface area (Å²) in [6.07, 6.45) is 2.00. The van der Waals surface area contributed by atoms with Gasteiger partial charge in [0.25, 0.3) is 0 Å². The van der Waals surface area contributed by atoms with Gasteiger partial charge in [-0.15, -0.1) is 5.10 Å². The van der Waals surface area contributed by atoms with Crippen molar-refractivity contribution >= 4 is 22.8 Å². The van der Waals surface area contributed by atoms with Gasteiger partial charge in [0.1, 0.15) is 29.0 Å². The summed E-state index contributed by atoms with van der Waals surface area (Å²) in [6, 6.07) is 9.15. The number of nitrogens with one attached hydrogen (secondary N) is 1. The van der Waals surface area contributed by atoms with Crippen LogP contribution in [0.4, 0.5) is 24.9 Å². The predicted molar refractivity (Wildman–Crippen MR) is 103 cm³/mol. The molecule has 29 heavy (non-hydrogen) atoms. The van der Waals surface area contributed by atoms with E-state index in [0.29, 0.717) is 22.6 Å². The Kier molecular flexibility index (Phi) is 3.90. The lowest BCUT2D eigenvalue weighted by molar-refractivity contribution is 0.588. The zero-order chi connectivity index (χ0) is 20.1. The Labute approximate surface area is 163 Å². The summed E-state index contributed by atoms with van der Waals surface area (Å²) >= 11 is 0. The molecule has 0 radical (unpaired) electrons. The number of aromatic nitrogens is 4. The Balaban J connectivity index is 1.77. The second-order valence-corrected chi connectivity index (χ2v) is 6.92. The van der Waals surface area contributed by atoms with Crippen molar-refractivity contribution in [3.05, 3.63) is 59.9 Å². The van der Waals surface area contributed by atoms with Gasteiger partial charge in [-0.2, -0.15) is 4.98 Å². The number of hydrogen-bond acceptors (Lipinski definition) is 5. The van der Waals surface area contributed by atoms with Gasteiger partial charge in [0.05, 0.1) is 11.1 Å². The van der Waals surface area contributed by atoms with Gasteiger partial charge in [-0.25, -0.2) is 22.8 Å². The van der Waals surface area contributed by atoms with Crippen LogP contribution in [0.3, 0.4) is 0 Å². The van der Waals surface area contributed by atoms with Crippen LogP contribution < -0.4 is 11.1 Å². The summed E-state index contributed by atoms with van der Waals surface area (Å²) in [5, 5.41) is 7.80. The van der Waals surface area contributed by atoms with Gasteiger partial charge in [0, 0.05) is 17.7 Å². The first kappa shape index (κ1) is 17.5. The van der Waals surface area contributed by atoms with E-state index in [-0.39, 0.29) is 23.2 Å². The van der Waals surface area contributed by atoms with E-state index >= 15 is 0 Å². The number of nitrogens with two attached hydrogens (primary N) is 1. The summed E-state index contributed by atoms with van der Waals surface area (Å²) in [7, 11) is 0. The first-order chi connectivity index (χ1) is 14.0. The molecule has 146 valence electrons. The first-order valence-electron chi connectivity index (χ1n) is 9.04. The van der Waals surface area contributed by atoms with E-state index in [2.05, 4.69) is 20.4 Å². The molecule has 0 spiro atoms. The standard InChI is InChI=1S/C20H15F3N6/c21-11-3-1-2-10(8-11)17-16-18(24)29(15-9-12(22)4-7-14(15)23)28-19(16)27-20(26-17)25-13-5-6-13/h1-4,7-9,13H,5-6,24H2,(H,25,27,28). The summed E-state index contributed by atoms with van der Waals surface area (Å²) in [5.41, 5.74) is 7.13. The van der Waals surface area contributed by atoms with Crippen LogP contribution in [0.5, 0.6) is 0 Å². The number of halogens is 3. The second-order valence-electron chi connectivity index (χ2n) is 6.92. The van der Waals surface area contributed by atoms with Gasteiger partial charge >= 0.3 is 0 Å². The topological polar surface area (TPSA) is 81.7 Å². The molecule has 0 bridgehead atoms. The number of nitrogens with zero attached hydrogens (tertiary/aromatic N) is 4. The zero-order valence-corrected chi connectivity index (χ0v) is 15.0. The van der Waals surface area contributed by atoms with Crippen LogP contribution in [0.25, 0.3) is 28.0 Å². The summed E-state index contributed by atoms with van der Waals surface area (Å²) in [6.45, 7) is 0. The molecule has 1 aliphatic rings. The Morgan fingerprint density at radius 3 is 2.55 bits per heavy atom. The molecule has 0 aliphatic heterocycles. The molecule has 2 aromatic heterocycles. The largest absolute Gasteiger partial charge is 0.383 e. The molecule has 1 aliphatic carbocycles. The van der Waals surface area contributed by atoms with Crippen molar-refractivity contribution in [2.45, 2.75) is 18.9 Å². The normalized spacial score (nSPS) is 13.8. The highest BCUT2D eigenvalue weighted by Crippen LogP contribution is 2.34. The van der Waals surface area contributed by atoms with Crippen LogP contribution in [-0.4, -0.2) is 25.8 Å². The van der Waals surface area contributed by atoms with Gasteiger partial charge in [0.15, 0.2) is 5.65 Å². The minimum absolute atomic E-state index is 0.0294. The lowest BCUT2D eigenvalue weighted by atomic mass is 10.1. The third-order valence-electron chi connectivity index (χ3n) is 4.71. The van der Waals surface area contributed by atoms with E-state index in [1.54, 1.807) is 12.1 Å². The summed E-state index contributed by atoms with van der Waals surface area (Å²) in [5.74, 6) is -1.41. The monoisotopic (exact) mass is 396 g/mol. The molecule has 1 fully saturated rings. The Morgan fingerprint density at radius 1 is 1.00 bits per heavy atom. The van der Waals surface area contributed by atoms with E-state index in [1.807, 2.05) is 0 Å². The third-order valence-corrected chi connectivity index (χ3v) is 4.71. The van der Waals surface area contributed by atoms with E-state index in [9.17, 15) is 13.2 Å². The molecule has 9 heteroatoms. The van der Waals surface area contributed by atoms with Crippen LogP contribution in [0.1, 0.15) is 12.8 Å². The maximum absolute atomic E-state index is 14.3. The predicted octanol–water partition coefficient (Wildman–Crippen LogP) is 4.06. The van der Waals surface area contributed by atoms with Crippen LogP contribution in [-0.2, 0) is 0 Å². The van der Waals surface area contributed by atoms with Crippen molar-refractivity contribution in [1.29, 1.82) is 0 Å². The molecule has 1 saturated carbocycles. The van der Waals surface area contributed by atoms with E-state index < -0.39 is 17.5 Å². The molecule has 0 unspecified atom stereocenters. The highest BCUT2D eigenvalue weighted by Gasteiger charge is 2.25. The molecule has 0 saturated heterocycles. The van der Waals surface area contributed by atoms with Gasteiger partial charge in [-0.05, 0) is 37.1 Å². The molecule has 2 aromatic carbocycles. The molecule has 6 nitrogen and oxygen atoms in total. The van der Waals surface area contributed by atoms with Gasteiger partial charge in [-0.1, -0.05) is 12.1 Å². The Morgan fingerprint density at radius 2 is 1.79 bits per heavy atom. The Bertz CT molecular complexity index is 1250. The smallest absolute Gasteiger partial charge is 0.225 e. The van der Waals surface area contributed by atoms with Crippen molar-refractivity contribution in [1.82, 2.24) is 19.7 Å². The fourth-order valence-corrected chi connectivity index (χ4v) is 3.16. The second kappa shape index (κ2) is 6.47. The number of fused-ring (bicyclic) bond motifs is 1. The highest BCUT2D eigenvalue weighted by atomic mass is 19.1. The van der Waals surface area contributed by atoms with Crippen LogP contribution in [0.2, 0.25) is 0 Å². The van der Waals surface area contributed by atoms with Gasteiger partial charge in [-0.3, -0.25) is 0 Å². The number of hydrogen-bond donors (Lipinski definition) is 2. The fourth-order valence-electron chi connectivity index (χ4n) is 3.16. The third kappa shape index (κ3) is 3.14. The van der Waals surface area contributed by atoms with E-state index in [0.717, 1.165) is 35.7 Å². The van der Waals surface area contributed by atoms with Crippen LogP contribution in [0, 0.1) is 17.5 Å². The zero-order valence-electron chi connectivity index (χ0n) is 15.0. The SMILES string of the molecule is Nc1c2c(-c3cccc(F)c3)nc(NC3CC3)nc2nn1-c1cc(F)ccc1F. The first-order valence-corrected chi connectivity index (χ1v) is 9.04. The van der Waals surface area contributed by atoms with Gasteiger partial charge < -0.3 is 11.1 Å². The molecule has 0 atom stereocenters. The maximum Gasteiger partial charge on any atom is 0.225 e. The molecule has 4 aromatic rings. The number of nitrogen functional groups attached to an aromatic ring is 1. The minimum atomic E-state index is -0.692. The van der Waals surface area contributed by atoms with E-state index in [4.69, 9.17) is 5.73 Å². The van der Waals surface area contributed by atoms with Crippen molar-refractivity contribution in [3.8, 4) is 16.9 Å². The van der Waals surface area contributed by atoms with Crippen molar-refractivity contribution in [2.75, 3.05) is 11.1 Å². The molecule has 3 N–H and O–H groups in total. The molecule has 5 rings (SSSR count). The van der Waals surface area contributed by atoms with Gasteiger partial charge in [0.2, 0.25) is 5.95 Å². The number of benzene rings is 2. The van der Waals surface area contributed by atoms with Crippen LogP contribution in [0.15, 0.2) is 42.5 Å². The van der Waals surface area contributed by atoms with Crippen molar-refractivity contribution in [2.24, 2.45) is 0 Å². The molecular weight excluding hydrogens is 381 g/mol. The number of anilines is 2. The molecule has 2 heterocycles. The quantitative estimate of drug-likeness (QED) is 0.544. The Hall–Kier alpha value is -3.62. The van der Waals surface area contributed by atoms with Crippen molar-refractivity contribution < 1.29 is 13.2 Å². The lowest BCUT2D eigenvalue weighted by Gasteiger charge is -2.08. The van der Waals surface area contributed by atoms with Crippen molar-refractivity contribution in [3.63, 3.8) is 0 Å². The molecular formula is C20H15F3N6. The summed E-state index contributed by atoms with van der Waals surface area (Å²) < 4.78 is 42.9. The fraction of sp³-hybridized carbons (Fsp3) is 0.150. The average Bonchev–Trinajstić information content (AvgIpc) is 3.45. The summed E-state index contributed by atoms with van der Waals surface area (Å²) in [4.78, 5) is 8.89. The average molecular weight is 396 g/mol.